The molecule has 1 aromatic rings. The predicted octanol–water partition coefficient (Wildman–Crippen LogP) is 3.13. The van der Waals surface area contributed by atoms with Gasteiger partial charge < -0.3 is 10.4 Å². The molecular formula is C15H20ClNO3. The Kier molecular flexibility index (Phi) is 6.02. The molecule has 0 bridgehead atoms. The molecule has 0 fully saturated rings. The lowest BCUT2D eigenvalue weighted by molar-refractivity contribution is -0.142. The summed E-state index contributed by atoms with van der Waals surface area (Å²) in [6.45, 7) is 5.80. The van der Waals surface area contributed by atoms with Crippen LogP contribution in [0.3, 0.4) is 0 Å². The van der Waals surface area contributed by atoms with Crippen molar-refractivity contribution in [3.63, 3.8) is 0 Å². The number of rotatable bonds is 6. The molecule has 4 nitrogen and oxygen atoms in total. The van der Waals surface area contributed by atoms with E-state index in [9.17, 15) is 9.59 Å². The van der Waals surface area contributed by atoms with Crippen LogP contribution < -0.4 is 5.32 Å². The lowest BCUT2D eigenvalue weighted by Crippen LogP contribution is -2.34. The summed E-state index contributed by atoms with van der Waals surface area (Å²) in [5, 5.41) is 12.3. The van der Waals surface area contributed by atoms with Crippen molar-refractivity contribution in [2.75, 3.05) is 6.54 Å². The van der Waals surface area contributed by atoms with Gasteiger partial charge in [-0.3, -0.25) is 9.59 Å². The predicted molar refractivity (Wildman–Crippen MR) is 79.1 cm³/mol. The van der Waals surface area contributed by atoms with Gasteiger partial charge in [0.25, 0.3) is 5.91 Å². The maximum absolute atomic E-state index is 12.1. The Morgan fingerprint density at radius 3 is 2.55 bits per heavy atom. The van der Waals surface area contributed by atoms with Crippen molar-refractivity contribution in [2.45, 2.75) is 27.2 Å². The summed E-state index contributed by atoms with van der Waals surface area (Å²) >= 11 is 5.97. The van der Waals surface area contributed by atoms with E-state index in [2.05, 4.69) is 5.32 Å². The molecule has 0 radical (unpaired) electrons. The summed E-state index contributed by atoms with van der Waals surface area (Å²) in [6.07, 6.45) is 0.532. The normalized spacial score (nSPS) is 12.2. The number of carboxylic acids is 1. The van der Waals surface area contributed by atoms with Gasteiger partial charge in [-0.05, 0) is 37.0 Å². The molecule has 5 heteroatoms. The van der Waals surface area contributed by atoms with Crippen LogP contribution in [0.5, 0.6) is 0 Å². The highest BCUT2D eigenvalue weighted by molar-refractivity contribution is 6.31. The van der Waals surface area contributed by atoms with Gasteiger partial charge in [0.1, 0.15) is 0 Å². The number of halogens is 1. The van der Waals surface area contributed by atoms with E-state index in [0.29, 0.717) is 22.6 Å². The van der Waals surface area contributed by atoms with Crippen LogP contribution in [0.4, 0.5) is 0 Å². The van der Waals surface area contributed by atoms with E-state index < -0.39 is 11.9 Å². The van der Waals surface area contributed by atoms with Crippen molar-refractivity contribution < 1.29 is 14.7 Å². The van der Waals surface area contributed by atoms with E-state index in [1.165, 1.54) is 0 Å². The average molecular weight is 298 g/mol. The van der Waals surface area contributed by atoms with Crippen LogP contribution in [0, 0.1) is 18.8 Å². The van der Waals surface area contributed by atoms with Crippen molar-refractivity contribution in [1.82, 2.24) is 5.32 Å². The molecule has 0 aliphatic heterocycles. The lowest BCUT2D eigenvalue weighted by Gasteiger charge is -2.16. The van der Waals surface area contributed by atoms with Gasteiger partial charge in [0.15, 0.2) is 0 Å². The first-order valence-corrected chi connectivity index (χ1v) is 6.96. The van der Waals surface area contributed by atoms with Crippen LogP contribution in [-0.2, 0) is 4.79 Å². The molecule has 20 heavy (non-hydrogen) atoms. The SMILES string of the molecule is Cc1c(Cl)cccc1C(=O)NCC(CC(C)C)C(=O)O. The third-order valence-electron chi connectivity index (χ3n) is 3.13. The minimum Gasteiger partial charge on any atom is -0.481 e. The molecule has 1 atom stereocenters. The van der Waals surface area contributed by atoms with Crippen LogP contribution in [-0.4, -0.2) is 23.5 Å². The van der Waals surface area contributed by atoms with Gasteiger partial charge in [0, 0.05) is 17.1 Å². The molecule has 2 N–H and O–H groups in total. The Labute approximate surface area is 124 Å². The quantitative estimate of drug-likeness (QED) is 0.848. The molecule has 0 aliphatic rings. The van der Waals surface area contributed by atoms with Crippen LogP contribution in [0.15, 0.2) is 18.2 Å². The largest absolute Gasteiger partial charge is 0.481 e. The smallest absolute Gasteiger partial charge is 0.308 e. The van der Waals surface area contributed by atoms with Gasteiger partial charge in [0.2, 0.25) is 0 Å². The molecule has 0 heterocycles. The van der Waals surface area contributed by atoms with Gasteiger partial charge in [-0.2, -0.15) is 0 Å². The average Bonchev–Trinajstić information content (AvgIpc) is 2.36. The van der Waals surface area contributed by atoms with E-state index in [0.717, 1.165) is 0 Å². The number of amides is 1. The van der Waals surface area contributed by atoms with Crippen LogP contribution in [0.1, 0.15) is 36.2 Å². The molecule has 0 saturated carbocycles. The molecule has 1 amide bonds. The minimum absolute atomic E-state index is 0.123. The Balaban J connectivity index is 2.70. The van der Waals surface area contributed by atoms with Crippen molar-refractivity contribution in [3.05, 3.63) is 34.3 Å². The summed E-state index contributed by atoms with van der Waals surface area (Å²) in [5.74, 6) is -1.49. The highest BCUT2D eigenvalue weighted by Crippen LogP contribution is 2.19. The zero-order valence-corrected chi connectivity index (χ0v) is 12.7. The molecule has 0 saturated heterocycles. The second-order valence-corrected chi connectivity index (χ2v) is 5.69. The van der Waals surface area contributed by atoms with Gasteiger partial charge in [-0.1, -0.05) is 31.5 Å². The lowest BCUT2D eigenvalue weighted by atomic mass is 9.97. The van der Waals surface area contributed by atoms with Crippen LogP contribution in [0.2, 0.25) is 5.02 Å². The van der Waals surface area contributed by atoms with Gasteiger partial charge in [-0.25, -0.2) is 0 Å². The first-order chi connectivity index (χ1) is 9.32. The van der Waals surface area contributed by atoms with Gasteiger partial charge >= 0.3 is 5.97 Å². The minimum atomic E-state index is -0.887. The fourth-order valence-corrected chi connectivity index (χ4v) is 2.18. The second-order valence-electron chi connectivity index (χ2n) is 5.29. The number of carbonyl (C=O) groups is 2. The fourth-order valence-electron chi connectivity index (χ4n) is 2.01. The zero-order valence-electron chi connectivity index (χ0n) is 11.9. The van der Waals surface area contributed by atoms with Gasteiger partial charge in [0.05, 0.1) is 5.92 Å². The standard InChI is InChI=1S/C15H20ClNO3/c1-9(2)7-11(15(19)20)8-17-14(18)12-5-4-6-13(16)10(12)3/h4-6,9,11H,7-8H2,1-3H3,(H,17,18)(H,19,20). The second kappa shape index (κ2) is 7.29. The van der Waals surface area contributed by atoms with Crippen LogP contribution in [0.25, 0.3) is 0 Å². The Bertz CT molecular complexity index is 500. The van der Waals surface area contributed by atoms with E-state index >= 15 is 0 Å². The summed E-state index contributed by atoms with van der Waals surface area (Å²) < 4.78 is 0. The fraction of sp³-hybridized carbons (Fsp3) is 0.467. The molecule has 1 unspecified atom stereocenters. The maximum Gasteiger partial charge on any atom is 0.308 e. The number of hydrogen-bond acceptors (Lipinski definition) is 2. The van der Waals surface area contributed by atoms with Crippen LogP contribution >= 0.6 is 11.6 Å². The van der Waals surface area contributed by atoms with E-state index in [1.807, 2.05) is 13.8 Å². The monoisotopic (exact) mass is 297 g/mol. The van der Waals surface area contributed by atoms with E-state index in [1.54, 1.807) is 25.1 Å². The number of hydrogen-bond donors (Lipinski definition) is 2. The highest BCUT2D eigenvalue weighted by Gasteiger charge is 2.20. The molecule has 0 aromatic heterocycles. The topological polar surface area (TPSA) is 66.4 Å². The molecular weight excluding hydrogens is 278 g/mol. The summed E-state index contributed by atoms with van der Waals surface area (Å²) in [5.41, 5.74) is 1.17. The number of benzene rings is 1. The third-order valence-corrected chi connectivity index (χ3v) is 3.54. The first kappa shape index (κ1) is 16.5. The number of nitrogens with one attached hydrogen (secondary N) is 1. The van der Waals surface area contributed by atoms with Gasteiger partial charge in [-0.15, -0.1) is 0 Å². The number of carbonyl (C=O) groups excluding carboxylic acids is 1. The summed E-state index contributed by atoms with van der Waals surface area (Å²) in [7, 11) is 0. The molecule has 1 aromatic carbocycles. The van der Waals surface area contributed by atoms with Crippen molar-refractivity contribution >= 4 is 23.5 Å². The third kappa shape index (κ3) is 4.53. The first-order valence-electron chi connectivity index (χ1n) is 6.59. The van der Waals surface area contributed by atoms with Crippen molar-refractivity contribution in [1.29, 1.82) is 0 Å². The summed E-state index contributed by atoms with van der Waals surface area (Å²) in [6, 6.07) is 5.09. The number of aliphatic carboxylic acids is 1. The Morgan fingerprint density at radius 2 is 2.00 bits per heavy atom. The molecule has 0 spiro atoms. The Hall–Kier alpha value is -1.55. The summed E-state index contributed by atoms with van der Waals surface area (Å²) in [4.78, 5) is 23.2. The Morgan fingerprint density at radius 1 is 1.35 bits per heavy atom. The number of carboxylic acid groups (broad SMARTS) is 1. The van der Waals surface area contributed by atoms with Crippen molar-refractivity contribution in [3.8, 4) is 0 Å². The van der Waals surface area contributed by atoms with E-state index in [4.69, 9.17) is 16.7 Å². The molecule has 0 aliphatic carbocycles. The van der Waals surface area contributed by atoms with Crippen molar-refractivity contribution in [2.24, 2.45) is 11.8 Å². The zero-order chi connectivity index (χ0) is 15.3. The molecule has 110 valence electrons. The highest BCUT2D eigenvalue weighted by atomic mass is 35.5. The molecule has 1 rings (SSSR count). The maximum atomic E-state index is 12.1. The van der Waals surface area contributed by atoms with E-state index in [-0.39, 0.29) is 18.4 Å².